The minimum atomic E-state index is 0.808. The lowest BCUT2D eigenvalue weighted by Gasteiger charge is -2.16. The standard InChI is InChI=1S/C54H31N5/c1-3-16-33(17-4-1)50-54(55-41-30-29-32-15-7-8-20-35(32)51(41)56-50)59-44-28-14-23-37-39-25-13-24-38-36-21-9-11-26-42(36)58(52(38)39)46-31-45-48(53(59)49(46)47(37)44)40-22-10-12-27-43(40)57(45)34-18-5-2-6-19-34/h1-31H. The van der Waals surface area contributed by atoms with Gasteiger partial charge in [-0.15, -0.1) is 0 Å². The topological polar surface area (TPSA) is 40.1 Å². The number of fused-ring (bicyclic) bond motifs is 12. The molecule has 0 saturated carbocycles. The Balaban J connectivity index is 1.31. The van der Waals surface area contributed by atoms with Crippen molar-refractivity contribution in [1.29, 1.82) is 0 Å². The fourth-order valence-corrected chi connectivity index (χ4v) is 10.4. The van der Waals surface area contributed by atoms with E-state index in [1.165, 1.54) is 54.1 Å². The van der Waals surface area contributed by atoms with Crippen LogP contribution in [0.15, 0.2) is 188 Å². The maximum atomic E-state index is 5.71. The van der Waals surface area contributed by atoms with E-state index in [2.05, 4.69) is 202 Å². The van der Waals surface area contributed by atoms with Gasteiger partial charge in [-0.2, -0.15) is 0 Å². The molecule has 0 N–H and O–H groups in total. The van der Waals surface area contributed by atoms with Crippen molar-refractivity contribution in [2.45, 2.75) is 0 Å². The van der Waals surface area contributed by atoms with Gasteiger partial charge in [-0.05, 0) is 53.2 Å². The van der Waals surface area contributed by atoms with Crippen molar-refractivity contribution < 1.29 is 0 Å². The molecule has 0 saturated heterocycles. The summed E-state index contributed by atoms with van der Waals surface area (Å²) in [5, 5.41) is 12.0. The van der Waals surface area contributed by atoms with Crippen LogP contribution in [0.3, 0.4) is 0 Å². The first-order valence-electron chi connectivity index (χ1n) is 20.2. The lowest BCUT2D eigenvalue weighted by molar-refractivity contribution is 1.08. The van der Waals surface area contributed by atoms with Gasteiger partial charge < -0.3 is 8.97 Å². The molecule has 9 aromatic carbocycles. The molecule has 5 heterocycles. The molecule has 5 heteroatoms. The van der Waals surface area contributed by atoms with Crippen LogP contribution in [-0.4, -0.2) is 23.5 Å². The molecule has 0 aliphatic rings. The summed E-state index contributed by atoms with van der Waals surface area (Å²) in [7, 11) is 0. The maximum Gasteiger partial charge on any atom is 0.165 e. The predicted molar refractivity (Wildman–Crippen MR) is 246 cm³/mol. The first-order valence-corrected chi connectivity index (χ1v) is 20.2. The summed E-state index contributed by atoms with van der Waals surface area (Å²) in [6, 6.07) is 68.0. The lowest BCUT2D eigenvalue weighted by Crippen LogP contribution is -2.04. The van der Waals surface area contributed by atoms with Crippen LogP contribution in [0.4, 0.5) is 0 Å². The minimum Gasteiger partial charge on any atom is -0.309 e. The molecule has 59 heavy (non-hydrogen) atoms. The minimum absolute atomic E-state index is 0.808. The van der Waals surface area contributed by atoms with Crippen molar-refractivity contribution in [3.05, 3.63) is 188 Å². The predicted octanol–water partition coefficient (Wildman–Crippen LogP) is 13.8. The number of para-hydroxylation sites is 4. The first kappa shape index (κ1) is 31.1. The first-order chi connectivity index (χ1) is 29.3. The van der Waals surface area contributed by atoms with E-state index in [1.807, 2.05) is 0 Å². The summed E-state index contributed by atoms with van der Waals surface area (Å²) in [6.45, 7) is 0. The Bertz CT molecular complexity index is 4060. The Labute approximate surface area is 336 Å². The van der Waals surface area contributed by atoms with Crippen molar-refractivity contribution in [1.82, 2.24) is 23.5 Å². The van der Waals surface area contributed by atoms with Crippen molar-refractivity contribution in [2.75, 3.05) is 0 Å². The van der Waals surface area contributed by atoms with Gasteiger partial charge in [-0.1, -0.05) is 146 Å². The van der Waals surface area contributed by atoms with Crippen LogP contribution in [0, 0.1) is 0 Å². The third-order valence-electron chi connectivity index (χ3n) is 12.7. The molecule has 0 fully saturated rings. The number of hydrogen-bond acceptors (Lipinski definition) is 2. The molecule has 272 valence electrons. The van der Waals surface area contributed by atoms with Crippen LogP contribution in [0.25, 0.3) is 126 Å². The zero-order valence-electron chi connectivity index (χ0n) is 31.6. The molecule has 0 amide bonds. The van der Waals surface area contributed by atoms with Gasteiger partial charge in [0.25, 0.3) is 0 Å². The number of hydrogen-bond donors (Lipinski definition) is 0. The van der Waals surface area contributed by atoms with E-state index < -0.39 is 0 Å². The quantitative estimate of drug-likeness (QED) is 0.169. The number of aromatic nitrogens is 5. The number of benzene rings is 9. The van der Waals surface area contributed by atoms with E-state index >= 15 is 0 Å². The van der Waals surface area contributed by atoms with Gasteiger partial charge in [0.05, 0.1) is 49.7 Å². The Hall–Kier alpha value is -8.02. The van der Waals surface area contributed by atoms with Crippen molar-refractivity contribution in [3.8, 4) is 22.8 Å². The summed E-state index contributed by atoms with van der Waals surface area (Å²) < 4.78 is 7.43. The number of rotatable bonds is 3. The molecular weight excluding hydrogens is 719 g/mol. The van der Waals surface area contributed by atoms with Gasteiger partial charge in [0.2, 0.25) is 0 Å². The van der Waals surface area contributed by atoms with Crippen molar-refractivity contribution in [3.63, 3.8) is 0 Å². The van der Waals surface area contributed by atoms with Crippen molar-refractivity contribution >= 4 is 104 Å². The van der Waals surface area contributed by atoms with E-state index in [1.54, 1.807) is 0 Å². The normalized spacial score (nSPS) is 12.4. The monoisotopic (exact) mass is 749 g/mol. The second kappa shape index (κ2) is 11.3. The maximum absolute atomic E-state index is 5.71. The van der Waals surface area contributed by atoms with Gasteiger partial charge >= 0.3 is 0 Å². The van der Waals surface area contributed by atoms with Gasteiger partial charge in [0.15, 0.2) is 5.82 Å². The largest absolute Gasteiger partial charge is 0.309 e. The second-order valence-electron chi connectivity index (χ2n) is 15.7. The van der Waals surface area contributed by atoms with Gasteiger partial charge in [0, 0.05) is 54.3 Å². The molecule has 0 atom stereocenters. The van der Waals surface area contributed by atoms with Crippen LogP contribution in [0.1, 0.15) is 0 Å². The Morgan fingerprint density at radius 3 is 1.85 bits per heavy atom. The molecule has 14 aromatic rings. The highest BCUT2D eigenvalue weighted by molar-refractivity contribution is 6.37. The average Bonchev–Trinajstić information content (AvgIpc) is 3.92. The van der Waals surface area contributed by atoms with Crippen LogP contribution >= 0.6 is 0 Å². The molecule has 5 aromatic heterocycles. The van der Waals surface area contributed by atoms with Crippen LogP contribution < -0.4 is 0 Å². The van der Waals surface area contributed by atoms with Crippen molar-refractivity contribution in [2.24, 2.45) is 0 Å². The lowest BCUT2D eigenvalue weighted by atomic mass is 10.0. The van der Waals surface area contributed by atoms with Gasteiger partial charge in [0.1, 0.15) is 5.69 Å². The Kier molecular flexibility index (Phi) is 5.96. The summed E-state index contributed by atoms with van der Waals surface area (Å²) in [5.74, 6) is 0.808. The third kappa shape index (κ3) is 3.98. The highest BCUT2D eigenvalue weighted by atomic mass is 15.1. The van der Waals surface area contributed by atoms with E-state index in [4.69, 9.17) is 9.97 Å². The zero-order chi connectivity index (χ0) is 38.3. The summed E-state index contributed by atoms with van der Waals surface area (Å²) in [5.41, 5.74) is 12.8. The summed E-state index contributed by atoms with van der Waals surface area (Å²) in [4.78, 5) is 11.3. The summed E-state index contributed by atoms with van der Waals surface area (Å²) in [6.07, 6.45) is 0. The molecular formula is C54H31N5. The number of nitrogens with zero attached hydrogens (tertiary/aromatic N) is 5. The smallest absolute Gasteiger partial charge is 0.165 e. The van der Waals surface area contributed by atoms with E-state index in [-0.39, 0.29) is 0 Å². The average molecular weight is 750 g/mol. The van der Waals surface area contributed by atoms with Crippen LogP contribution in [0.2, 0.25) is 0 Å². The summed E-state index contributed by atoms with van der Waals surface area (Å²) >= 11 is 0. The molecule has 0 aliphatic carbocycles. The second-order valence-corrected chi connectivity index (χ2v) is 15.7. The van der Waals surface area contributed by atoms with E-state index in [0.717, 1.165) is 72.2 Å². The molecule has 0 spiro atoms. The highest BCUT2D eigenvalue weighted by Gasteiger charge is 2.28. The molecule has 0 aliphatic heterocycles. The molecule has 0 unspecified atom stereocenters. The molecule has 0 bridgehead atoms. The third-order valence-corrected chi connectivity index (χ3v) is 12.7. The fraction of sp³-hybridized carbons (Fsp3) is 0. The molecule has 0 radical (unpaired) electrons. The molecule has 14 rings (SSSR count). The molecule has 5 nitrogen and oxygen atoms in total. The SMILES string of the molecule is c1ccc(-c2nc3c(ccc4ccccc43)nc2-n2c3cccc4c5cccc6c7ccccc7n(c7cc8c(c9ccccc9n8-c8ccccc8)c2c7c43)c56)cc1. The van der Waals surface area contributed by atoms with Gasteiger partial charge in [-0.25, -0.2) is 9.97 Å². The van der Waals surface area contributed by atoms with E-state index in [0.29, 0.717) is 0 Å². The fourth-order valence-electron chi connectivity index (χ4n) is 10.4. The highest BCUT2D eigenvalue weighted by Crippen LogP contribution is 2.49. The van der Waals surface area contributed by atoms with Gasteiger partial charge in [-0.3, -0.25) is 4.57 Å². The van der Waals surface area contributed by atoms with Crippen LogP contribution in [0.5, 0.6) is 0 Å². The van der Waals surface area contributed by atoms with E-state index in [9.17, 15) is 0 Å². The Morgan fingerprint density at radius 1 is 0.356 bits per heavy atom. The zero-order valence-corrected chi connectivity index (χ0v) is 31.6. The van der Waals surface area contributed by atoms with Crippen LogP contribution in [-0.2, 0) is 0 Å². The Morgan fingerprint density at radius 2 is 1.00 bits per heavy atom.